The third-order valence-corrected chi connectivity index (χ3v) is 2.29. The summed E-state index contributed by atoms with van der Waals surface area (Å²) in [6.07, 6.45) is 3.54. The molecule has 0 bridgehead atoms. The molecule has 0 unspecified atom stereocenters. The number of fused-ring (bicyclic) bond motifs is 1. The molecule has 16 heavy (non-hydrogen) atoms. The van der Waals surface area contributed by atoms with Gasteiger partial charge in [-0.3, -0.25) is 9.59 Å². The highest BCUT2D eigenvalue weighted by Gasteiger charge is 2.10. The Bertz CT molecular complexity index is 574. The first-order chi connectivity index (χ1) is 7.63. The first-order valence-electron chi connectivity index (χ1n) is 4.53. The summed E-state index contributed by atoms with van der Waals surface area (Å²) in [4.78, 5) is 25.2. The fourth-order valence-electron chi connectivity index (χ4n) is 1.54. The molecule has 0 spiro atoms. The van der Waals surface area contributed by atoms with E-state index in [1.54, 1.807) is 12.3 Å². The minimum atomic E-state index is -0.961. The quantitative estimate of drug-likeness (QED) is 0.733. The van der Waals surface area contributed by atoms with Gasteiger partial charge in [0.05, 0.1) is 11.3 Å². The van der Waals surface area contributed by atoms with Gasteiger partial charge in [0, 0.05) is 17.8 Å². The fourth-order valence-corrected chi connectivity index (χ4v) is 1.54. The number of nitrogen functional groups attached to an aromatic ring is 1. The van der Waals surface area contributed by atoms with Crippen LogP contribution >= 0.6 is 0 Å². The number of pyridine rings is 1. The van der Waals surface area contributed by atoms with Crippen LogP contribution in [0.1, 0.15) is 10.4 Å². The van der Waals surface area contributed by atoms with Gasteiger partial charge >= 0.3 is 5.97 Å². The van der Waals surface area contributed by atoms with Gasteiger partial charge in [-0.25, -0.2) is 4.98 Å². The van der Waals surface area contributed by atoms with Crippen LogP contribution in [0.3, 0.4) is 0 Å². The van der Waals surface area contributed by atoms with Crippen LogP contribution < -0.4 is 5.73 Å². The Hall–Kier alpha value is -2.37. The van der Waals surface area contributed by atoms with Gasteiger partial charge in [0.15, 0.2) is 6.29 Å². The highest BCUT2D eigenvalue weighted by atomic mass is 16.4. The molecule has 82 valence electrons. The van der Waals surface area contributed by atoms with E-state index in [9.17, 15) is 9.59 Å². The molecule has 0 aromatic carbocycles. The number of aliphatic carboxylic acids is 1. The highest BCUT2D eigenvalue weighted by molar-refractivity contribution is 5.98. The third-order valence-electron chi connectivity index (χ3n) is 2.29. The number of hydrogen-bond donors (Lipinski definition) is 2. The van der Waals surface area contributed by atoms with E-state index in [4.69, 9.17) is 10.8 Å². The van der Waals surface area contributed by atoms with Crippen LogP contribution in [0.2, 0.25) is 0 Å². The van der Waals surface area contributed by atoms with Crippen molar-refractivity contribution in [2.45, 2.75) is 6.54 Å². The second kappa shape index (κ2) is 3.65. The van der Waals surface area contributed by atoms with Gasteiger partial charge in [0.25, 0.3) is 0 Å². The average molecular weight is 219 g/mol. The molecule has 2 aromatic rings. The van der Waals surface area contributed by atoms with Crippen LogP contribution in [0.4, 0.5) is 5.69 Å². The fraction of sp³-hybridized carbons (Fsp3) is 0.100. The average Bonchev–Trinajstić information content (AvgIpc) is 2.62. The van der Waals surface area contributed by atoms with Crippen molar-refractivity contribution in [1.29, 1.82) is 0 Å². The maximum Gasteiger partial charge on any atom is 0.323 e. The zero-order valence-electron chi connectivity index (χ0n) is 8.25. The van der Waals surface area contributed by atoms with E-state index in [-0.39, 0.29) is 6.54 Å². The molecule has 0 fully saturated rings. The maximum atomic E-state index is 10.6. The smallest absolute Gasteiger partial charge is 0.323 e. The molecule has 3 N–H and O–H groups in total. The van der Waals surface area contributed by atoms with Gasteiger partial charge in [0.2, 0.25) is 0 Å². The van der Waals surface area contributed by atoms with Crippen LogP contribution in [0, 0.1) is 0 Å². The monoisotopic (exact) mass is 219 g/mol. The first kappa shape index (κ1) is 10.2. The molecule has 0 amide bonds. The van der Waals surface area contributed by atoms with Crippen LogP contribution in [0.5, 0.6) is 0 Å². The standard InChI is InChI=1S/C10H9N3O3/c11-9-6(5-14)3-12-10-7(9)1-2-13(10)4-8(15)16/h1-3,5H,4H2,(H2,11,12)(H,15,16). The Kier molecular flexibility index (Phi) is 2.32. The van der Waals surface area contributed by atoms with Crippen molar-refractivity contribution in [2.75, 3.05) is 5.73 Å². The van der Waals surface area contributed by atoms with E-state index in [2.05, 4.69) is 4.98 Å². The second-order valence-corrected chi connectivity index (χ2v) is 3.32. The minimum absolute atomic E-state index is 0.184. The van der Waals surface area contributed by atoms with E-state index in [0.29, 0.717) is 28.6 Å². The molecule has 2 rings (SSSR count). The van der Waals surface area contributed by atoms with Gasteiger partial charge in [-0.1, -0.05) is 0 Å². The topological polar surface area (TPSA) is 98.2 Å². The molecule has 0 saturated carbocycles. The molecule has 0 saturated heterocycles. The number of carboxylic acid groups (broad SMARTS) is 1. The van der Waals surface area contributed by atoms with Crippen LogP contribution in [-0.2, 0) is 11.3 Å². The lowest BCUT2D eigenvalue weighted by Crippen LogP contribution is -2.08. The predicted octanol–water partition coefficient (Wildman–Crippen LogP) is 0.516. The maximum absolute atomic E-state index is 10.6. The molecule has 0 aliphatic carbocycles. The van der Waals surface area contributed by atoms with Gasteiger partial charge in [-0.05, 0) is 6.07 Å². The number of nitrogens with two attached hydrogens (primary N) is 1. The molecule has 2 heterocycles. The van der Waals surface area contributed by atoms with E-state index in [0.717, 1.165) is 0 Å². The van der Waals surface area contributed by atoms with Crippen LogP contribution in [0.15, 0.2) is 18.5 Å². The van der Waals surface area contributed by atoms with E-state index >= 15 is 0 Å². The lowest BCUT2D eigenvalue weighted by Gasteiger charge is -2.02. The molecule has 0 radical (unpaired) electrons. The largest absolute Gasteiger partial charge is 0.480 e. The van der Waals surface area contributed by atoms with E-state index in [1.165, 1.54) is 10.8 Å². The molecule has 6 heteroatoms. The van der Waals surface area contributed by atoms with Gasteiger partial charge in [-0.15, -0.1) is 0 Å². The van der Waals surface area contributed by atoms with Crippen molar-refractivity contribution in [3.05, 3.63) is 24.0 Å². The summed E-state index contributed by atoms with van der Waals surface area (Å²) in [5.74, 6) is -0.961. The highest BCUT2D eigenvalue weighted by Crippen LogP contribution is 2.22. The van der Waals surface area contributed by atoms with Crippen LogP contribution in [-0.4, -0.2) is 26.9 Å². The number of rotatable bonds is 3. The SMILES string of the molecule is Nc1c(C=O)cnc2c1ccn2CC(=O)O. The molecule has 6 nitrogen and oxygen atoms in total. The lowest BCUT2D eigenvalue weighted by molar-refractivity contribution is -0.137. The summed E-state index contributed by atoms with van der Waals surface area (Å²) in [7, 11) is 0. The van der Waals surface area contributed by atoms with Crippen molar-refractivity contribution in [1.82, 2.24) is 9.55 Å². The number of hydrogen-bond acceptors (Lipinski definition) is 4. The van der Waals surface area contributed by atoms with Crippen molar-refractivity contribution in [3.8, 4) is 0 Å². The summed E-state index contributed by atoms with van der Waals surface area (Å²) in [6, 6.07) is 1.65. The zero-order chi connectivity index (χ0) is 11.7. The summed E-state index contributed by atoms with van der Waals surface area (Å²) in [5.41, 5.74) is 6.83. The second-order valence-electron chi connectivity index (χ2n) is 3.32. The normalized spacial score (nSPS) is 10.5. The summed E-state index contributed by atoms with van der Waals surface area (Å²) < 4.78 is 1.46. The number of aldehydes is 1. The molecule has 0 aliphatic heterocycles. The molecule has 2 aromatic heterocycles. The number of nitrogens with zero attached hydrogens (tertiary/aromatic N) is 2. The van der Waals surface area contributed by atoms with Gasteiger partial charge < -0.3 is 15.4 Å². The van der Waals surface area contributed by atoms with Crippen molar-refractivity contribution in [2.24, 2.45) is 0 Å². The number of anilines is 1. The first-order valence-corrected chi connectivity index (χ1v) is 4.53. The van der Waals surface area contributed by atoms with E-state index < -0.39 is 5.97 Å². The Morgan fingerprint density at radius 2 is 2.38 bits per heavy atom. The number of carbonyl (C=O) groups is 2. The zero-order valence-corrected chi connectivity index (χ0v) is 8.25. The third kappa shape index (κ3) is 1.50. The number of carboxylic acids is 1. The van der Waals surface area contributed by atoms with Gasteiger partial charge in [0.1, 0.15) is 12.2 Å². The van der Waals surface area contributed by atoms with Crippen molar-refractivity contribution >= 4 is 29.0 Å². The van der Waals surface area contributed by atoms with Gasteiger partial charge in [-0.2, -0.15) is 0 Å². The molecule has 0 aliphatic rings. The van der Waals surface area contributed by atoms with Crippen LogP contribution in [0.25, 0.3) is 11.0 Å². The Morgan fingerprint density at radius 3 is 3.00 bits per heavy atom. The Balaban J connectivity index is 2.62. The molecule has 0 atom stereocenters. The number of carbonyl (C=O) groups excluding carboxylic acids is 1. The number of aromatic nitrogens is 2. The minimum Gasteiger partial charge on any atom is -0.480 e. The van der Waals surface area contributed by atoms with Crippen molar-refractivity contribution in [3.63, 3.8) is 0 Å². The Labute approximate surface area is 90.3 Å². The van der Waals surface area contributed by atoms with Crippen molar-refractivity contribution < 1.29 is 14.7 Å². The lowest BCUT2D eigenvalue weighted by atomic mass is 10.2. The Morgan fingerprint density at radius 1 is 1.62 bits per heavy atom. The molecular weight excluding hydrogens is 210 g/mol. The molecular formula is C10H9N3O3. The predicted molar refractivity (Wildman–Crippen MR) is 57.2 cm³/mol. The van der Waals surface area contributed by atoms with E-state index in [1.807, 2.05) is 0 Å². The summed E-state index contributed by atoms with van der Waals surface area (Å²) in [6.45, 7) is -0.184. The summed E-state index contributed by atoms with van der Waals surface area (Å²) in [5, 5.41) is 9.27. The summed E-state index contributed by atoms with van der Waals surface area (Å²) >= 11 is 0.